The first-order valence-corrected chi connectivity index (χ1v) is 7.96. The molecule has 0 spiro atoms. The van der Waals surface area contributed by atoms with Gasteiger partial charge < -0.3 is 0 Å². The van der Waals surface area contributed by atoms with Crippen molar-refractivity contribution in [2.24, 2.45) is 0 Å². The molecule has 0 N–H and O–H groups in total. The normalized spacial score (nSPS) is 13.1. The fourth-order valence-corrected chi connectivity index (χ4v) is 1.63. The first-order chi connectivity index (χ1) is 9.91. The van der Waals surface area contributed by atoms with Gasteiger partial charge in [-0.05, 0) is 44.9 Å². The zero-order valence-corrected chi connectivity index (χ0v) is 13.1. The Labute approximate surface area is 126 Å². The minimum Gasteiger partial charge on any atom is -0.0885 e. The van der Waals surface area contributed by atoms with Crippen LogP contribution in [0, 0.1) is 6.92 Å². The molecule has 0 aromatic carbocycles. The van der Waals surface area contributed by atoms with Crippen molar-refractivity contribution in [1.29, 1.82) is 0 Å². The SMILES string of the molecule is [CH2]CCC/C=C/C/C=C/C/C=C/C/C=C/C/C=C/CC. The van der Waals surface area contributed by atoms with Crippen LogP contribution in [0.1, 0.15) is 58.3 Å². The highest BCUT2D eigenvalue weighted by molar-refractivity contribution is 5.00. The Balaban J connectivity index is 3.42. The smallest absolute Gasteiger partial charge is 0.0169 e. The Hall–Kier alpha value is -1.30. The molecular formula is C20H31. The van der Waals surface area contributed by atoms with E-state index in [9.17, 15) is 0 Å². The summed E-state index contributed by atoms with van der Waals surface area (Å²) in [7, 11) is 0. The van der Waals surface area contributed by atoms with E-state index in [4.69, 9.17) is 0 Å². The summed E-state index contributed by atoms with van der Waals surface area (Å²) < 4.78 is 0. The van der Waals surface area contributed by atoms with E-state index >= 15 is 0 Å². The summed E-state index contributed by atoms with van der Waals surface area (Å²) in [5.74, 6) is 0. The van der Waals surface area contributed by atoms with Crippen molar-refractivity contribution in [2.75, 3.05) is 0 Å². The van der Waals surface area contributed by atoms with E-state index in [1.807, 2.05) is 0 Å². The largest absolute Gasteiger partial charge is 0.0885 e. The third kappa shape index (κ3) is 16.7. The van der Waals surface area contributed by atoms with Crippen LogP contribution in [0.15, 0.2) is 60.8 Å². The molecule has 0 heteroatoms. The highest BCUT2D eigenvalue weighted by atomic mass is 13.8. The molecule has 1 radical (unpaired) electrons. The number of hydrogen-bond acceptors (Lipinski definition) is 0. The molecule has 0 amide bonds. The summed E-state index contributed by atoms with van der Waals surface area (Å²) in [6.45, 7) is 5.99. The zero-order valence-electron chi connectivity index (χ0n) is 13.1. The van der Waals surface area contributed by atoms with E-state index in [2.05, 4.69) is 74.6 Å². The van der Waals surface area contributed by atoms with Gasteiger partial charge in [0.2, 0.25) is 0 Å². The van der Waals surface area contributed by atoms with Crippen LogP contribution in [0.5, 0.6) is 0 Å². The summed E-state index contributed by atoms with van der Waals surface area (Å²) in [4.78, 5) is 0. The predicted molar refractivity (Wildman–Crippen MR) is 93.7 cm³/mol. The van der Waals surface area contributed by atoms with E-state index < -0.39 is 0 Å². The van der Waals surface area contributed by atoms with Crippen LogP contribution in [-0.4, -0.2) is 0 Å². The molecule has 0 rings (SSSR count). The number of hydrogen-bond donors (Lipinski definition) is 0. The van der Waals surface area contributed by atoms with Crippen LogP contribution >= 0.6 is 0 Å². The topological polar surface area (TPSA) is 0 Å². The van der Waals surface area contributed by atoms with Gasteiger partial charge in [0, 0.05) is 0 Å². The van der Waals surface area contributed by atoms with E-state index in [-0.39, 0.29) is 0 Å². The number of unbranched alkanes of at least 4 members (excludes halogenated alkanes) is 2. The monoisotopic (exact) mass is 271 g/mol. The molecule has 0 fully saturated rings. The summed E-state index contributed by atoms with van der Waals surface area (Å²) in [6, 6.07) is 0. The van der Waals surface area contributed by atoms with Gasteiger partial charge in [0.05, 0.1) is 0 Å². The lowest BCUT2D eigenvalue weighted by atomic mass is 10.2. The molecule has 0 atom stereocenters. The summed E-state index contributed by atoms with van der Waals surface area (Å²) in [5.41, 5.74) is 0. The van der Waals surface area contributed by atoms with Gasteiger partial charge in [-0.2, -0.15) is 0 Å². The molecule has 0 nitrogen and oxygen atoms in total. The second-order valence-electron chi connectivity index (χ2n) is 4.70. The van der Waals surface area contributed by atoms with Gasteiger partial charge in [-0.15, -0.1) is 0 Å². The maximum absolute atomic E-state index is 3.83. The lowest BCUT2D eigenvalue weighted by Gasteiger charge is -1.87. The van der Waals surface area contributed by atoms with Crippen molar-refractivity contribution in [3.63, 3.8) is 0 Å². The quantitative estimate of drug-likeness (QED) is 0.272. The Kier molecular flexibility index (Phi) is 16.5. The van der Waals surface area contributed by atoms with Crippen molar-refractivity contribution in [3.8, 4) is 0 Å². The van der Waals surface area contributed by atoms with Crippen LogP contribution in [-0.2, 0) is 0 Å². The molecular weight excluding hydrogens is 240 g/mol. The van der Waals surface area contributed by atoms with Crippen LogP contribution in [0.3, 0.4) is 0 Å². The third-order valence-corrected chi connectivity index (χ3v) is 2.78. The summed E-state index contributed by atoms with van der Waals surface area (Å²) >= 11 is 0. The molecule has 0 heterocycles. The fraction of sp³-hybridized carbons (Fsp3) is 0.450. The molecule has 0 saturated heterocycles. The van der Waals surface area contributed by atoms with Crippen LogP contribution in [0.4, 0.5) is 0 Å². The van der Waals surface area contributed by atoms with E-state index in [1.54, 1.807) is 0 Å². The van der Waals surface area contributed by atoms with Crippen LogP contribution in [0.25, 0.3) is 0 Å². The Morgan fingerprint density at radius 2 is 1.00 bits per heavy atom. The highest BCUT2D eigenvalue weighted by Gasteiger charge is 1.77. The lowest BCUT2D eigenvalue weighted by Crippen LogP contribution is -1.67. The molecule has 0 aromatic heterocycles. The standard InChI is InChI=1S/C20H31/c1-3-5-7-9-11-13-15-17-19-20-18-16-14-12-10-8-6-4-2/h6,8-9,11-12,14-15,17-18,20H,1,3-5,7,10,13,16,19H2,2H3/b8-6+,11-9+,14-12+,17-15+,20-18+. The first-order valence-electron chi connectivity index (χ1n) is 7.96. The van der Waals surface area contributed by atoms with E-state index in [0.717, 1.165) is 44.9 Å². The molecule has 0 saturated carbocycles. The molecule has 20 heavy (non-hydrogen) atoms. The van der Waals surface area contributed by atoms with Crippen molar-refractivity contribution in [1.82, 2.24) is 0 Å². The predicted octanol–water partition coefficient (Wildman–Crippen LogP) is 6.74. The maximum Gasteiger partial charge on any atom is -0.0169 e. The van der Waals surface area contributed by atoms with Crippen molar-refractivity contribution < 1.29 is 0 Å². The summed E-state index contributed by atoms with van der Waals surface area (Å²) in [5, 5.41) is 0. The van der Waals surface area contributed by atoms with Gasteiger partial charge in [-0.3, -0.25) is 0 Å². The second-order valence-corrected chi connectivity index (χ2v) is 4.70. The van der Waals surface area contributed by atoms with Gasteiger partial charge in [0.25, 0.3) is 0 Å². The molecule has 0 aliphatic heterocycles. The van der Waals surface area contributed by atoms with Gasteiger partial charge in [-0.1, -0.05) is 81.0 Å². The Bertz CT molecular complexity index is 313. The number of allylic oxidation sites excluding steroid dienone is 10. The molecule has 0 bridgehead atoms. The molecule has 111 valence electrons. The molecule has 0 unspecified atom stereocenters. The van der Waals surface area contributed by atoms with E-state index in [1.165, 1.54) is 6.42 Å². The number of rotatable bonds is 12. The zero-order chi connectivity index (χ0) is 14.7. The average Bonchev–Trinajstić information content (AvgIpc) is 2.47. The van der Waals surface area contributed by atoms with Gasteiger partial charge in [0.15, 0.2) is 0 Å². The lowest BCUT2D eigenvalue weighted by molar-refractivity contribution is 0.864. The average molecular weight is 271 g/mol. The molecule has 0 aliphatic carbocycles. The van der Waals surface area contributed by atoms with Crippen molar-refractivity contribution >= 4 is 0 Å². The molecule has 0 aromatic rings. The van der Waals surface area contributed by atoms with Crippen LogP contribution in [0.2, 0.25) is 0 Å². The van der Waals surface area contributed by atoms with Gasteiger partial charge in [0.1, 0.15) is 0 Å². The fourth-order valence-electron chi connectivity index (χ4n) is 1.63. The van der Waals surface area contributed by atoms with E-state index in [0.29, 0.717) is 0 Å². The van der Waals surface area contributed by atoms with Gasteiger partial charge >= 0.3 is 0 Å². The van der Waals surface area contributed by atoms with Crippen LogP contribution < -0.4 is 0 Å². The molecule has 0 aliphatic rings. The third-order valence-electron chi connectivity index (χ3n) is 2.78. The Morgan fingerprint density at radius 1 is 0.600 bits per heavy atom. The maximum atomic E-state index is 3.83. The minimum absolute atomic E-state index is 1.04. The first kappa shape index (κ1) is 18.7. The van der Waals surface area contributed by atoms with Gasteiger partial charge in [-0.25, -0.2) is 0 Å². The van der Waals surface area contributed by atoms with Crippen molar-refractivity contribution in [3.05, 3.63) is 67.7 Å². The Morgan fingerprint density at radius 3 is 1.40 bits per heavy atom. The second kappa shape index (κ2) is 17.7. The van der Waals surface area contributed by atoms with Crippen molar-refractivity contribution in [2.45, 2.75) is 58.3 Å². The minimum atomic E-state index is 1.04. The highest BCUT2D eigenvalue weighted by Crippen LogP contribution is 1.98. The summed E-state index contributed by atoms with van der Waals surface area (Å²) in [6.07, 6.45) is 31.0.